The molecular formula is C10H5Cl3N2O3S. The van der Waals surface area contributed by atoms with E-state index in [1.807, 2.05) is 4.98 Å². The summed E-state index contributed by atoms with van der Waals surface area (Å²) in [5.74, 6) is -0.404. The van der Waals surface area contributed by atoms with Gasteiger partial charge < -0.3 is 0 Å². The second kappa shape index (κ2) is 5.50. The largest absolute Gasteiger partial charge is 0.328 e. The quantitative estimate of drug-likeness (QED) is 0.873. The topological polar surface area (TPSA) is 71.9 Å². The van der Waals surface area contributed by atoms with Gasteiger partial charge >= 0.3 is 5.69 Å². The molecule has 0 unspecified atom stereocenters. The molecule has 0 aliphatic heterocycles. The average molecular weight is 340 g/mol. The van der Waals surface area contributed by atoms with Gasteiger partial charge in [-0.25, -0.2) is 4.79 Å². The molecule has 2 aromatic heterocycles. The van der Waals surface area contributed by atoms with Gasteiger partial charge in [0, 0.05) is 6.20 Å². The van der Waals surface area contributed by atoms with Crippen molar-refractivity contribution in [2.75, 3.05) is 0 Å². The summed E-state index contributed by atoms with van der Waals surface area (Å²) >= 11 is 18.2. The Bertz CT molecular complexity index is 762. The van der Waals surface area contributed by atoms with Crippen molar-refractivity contribution < 1.29 is 4.79 Å². The number of thiophene rings is 1. The Morgan fingerprint density at radius 3 is 2.58 bits per heavy atom. The first kappa shape index (κ1) is 14.3. The molecule has 0 aromatic carbocycles. The molecule has 100 valence electrons. The zero-order valence-electron chi connectivity index (χ0n) is 9.08. The number of nitrogens with one attached hydrogen (secondary N) is 1. The van der Waals surface area contributed by atoms with Crippen molar-refractivity contribution >= 4 is 51.9 Å². The fraction of sp³-hybridized carbons (Fsp3) is 0.100. The Morgan fingerprint density at radius 1 is 1.32 bits per heavy atom. The fourth-order valence-electron chi connectivity index (χ4n) is 1.37. The first-order valence-electron chi connectivity index (χ1n) is 4.86. The van der Waals surface area contributed by atoms with E-state index >= 15 is 0 Å². The highest BCUT2D eigenvalue weighted by Crippen LogP contribution is 2.31. The normalized spacial score (nSPS) is 10.7. The molecule has 19 heavy (non-hydrogen) atoms. The molecule has 0 fully saturated rings. The minimum atomic E-state index is -0.722. The lowest BCUT2D eigenvalue weighted by Gasteiger charge is -2.03. The highest BCUT2D eigenvalue weighted by molar-refractivity contribution is 7.20. The number of carbonyl (C=O) groups is 1. The summed E-state index contributed by atoms with van der Waals surface area (Å²) in [4.78, 5) is 36.5. The monoisotopic (exact) mass is 338 g/mol. The second-order valence-electron chi connectivity index (χ2n) is 3.53. The van der Waals surface area contributed by atoms with Crippen LogP contribution in [0.4, 0.5) is 0 Å². The molecule has 2 aromatic rings. The van der Waals surface area contributed by atoms with Gasteiger partial charge in [-0.2, -0.15) is 0 Å². The van der Waals surface area contributed by atoms with Crippen molar-refractivity contribution in [2.45, 2.75) is 6.54 Å². The van der Waals surface area contributed by atoms with E-state index in [1.165, 1.54) is 6.07 Å². The number of carbonyl (C=O) groups excluding carboxylic acids is 1. The molecule has 0 spiro atoms. The maximum atomic E-state index is 12.0. The van der Waals surface area contributed by atoms with E-state index in [4.69, 9.17) is 34.8 Å². The molecule has 0 aliphatic rings. The lowest BCUT2D eigenvalue weighted by molar-refractivity contribution is 0.0971. The number of aromatic nitrogens is 2. The number of hydrogen-bond acceptors (Lipinski definition) is 4. The van der Waals surface area contributed by atoms with Crippen molar-refractivity contribution in [1.82, 2.24) is 9.55 Å². The van der Waals surface area contributed by atoms with E-state index in [9.17, 15) is 14.4 Å². The molecule has 0 atom stereocenters. The summed E-state index contributed by atoms with van der Waals surface area (Å²) in [6.45, 7) is -0.290. The van der Waals surface area contributed by atoms with Crippen LogP contribution in [0.5, 0.6) is 0 Å². The van der Waals surface area contributed by atoms with Gasteiger partial charge in [0.15, 0.2) is 5.78 Å². The predicted molar refractivity (Wildman–Crippen MR) is 75.0 cm³/mol. The Hall–Kier alpha value is -1.08. The number of ketones is 1. The molecule has 0 radical (unpaired) electrons. The van der Waals surface area contributed by atoms with Crippen molar-refractivity contribution in [1.29, 1.82) is 0 Å². The maximum Gasteiger partial charge on any atom is 0.328 e. The first-order chi connectivity index (χ1) is 8.88. The van der Waals surface area contributed by atoms with Crippen LogP contribution in [0.25, 0.3) is 0 Å². The Kier molecular flexibility index (Phi) is 4.15. The third-order valence-electron chi connectivity index (χ3n) is 2.24. The zero-order chi connectivity index (χ0) is 14.2. The molecule has 2 rings (SSSR count). The van der Waals surface area contributed by atoms with Gasteiger partial charge in [0.25, 0.3) is 5.56 Å². The van der Waals surface area contributed by atoms with E-state index in [2.05, 4.69) is 0 Å². The Morgan fingerprint density at radius 2 is 2.00 bits per heavy atom. The highest BCUT2D eigenvalue weighted by Gasteiger charge is 2.15. The summed E-state index contributed by atoms with van der Waals surface area (Å²) in [7, 11) is 0. The lowest BCUT2D eigenvalue weighted by Crippen LogP contribution is -2.31. The number of halogens is 3. The van der Waals surface area contributed by atoms with Crippen LogP contribution in [0.1, 0.15) is 10.4 Å². The van der Waals surface area contributed by atoms with E-state index in [0.717, 1.165) is 22.1 Å². The molecule has 0 saturated carbocycles. The first-order valence-corrected chi connectivity index (χ1v) is 6.81. The number of Topliss-reactive ketones (excluding diaryl/α,β-unsaturated/α-hetero) is 1. The average Bonchev–Trinajstić information content (AvgIpc) is 2.65. The van der Waals surface area contributed by atoms with Gasteiger partial charge in [-0.3, -0.25) is 19.1 Å². The van der Waals surface area contributed by atoms with Gasteiger partial charge in [0.2, 0.25) is 0 Å². The van der Waals surface area contributed by atoms with Gasteiger partial charge in [-0.15, -0.1) is 11.3 Å². The number of rotatable bonds is 3. The molecule has 1 N–H and O–H groups in total. The number of nitrogens with zero attached hydrogens (tertiary/aromatic N) is 1. The van der Waals surface area contributed by atoms with E-state index in [1.54, 1.807) is 0 Å². The number of H-pyrrole nitrogens is 1. The molecule has 0 amide bonds. The minimum absolute atomic E-state index is 0.179. The third kappa shape index (κ3) is 3.09. The van der Waals surface area contributed by atoms with Crippen LogP contribution in [0, 0.1) is 0 Å². The van der Waals surface area contributed by atoms with Crippen LogP contribution in [0.15, 0.2) is 21.9 Å². The summed E-state index contributed by atoms with van der Waals surface area (Å²) < 4.78 is 1.62. The van der Waals surface area contributed by atoms with Crippen molar-refractivity contribution in [3.63, 3.8) is 0 Å². The van der Waals surface area contributed by atoms with E-state index < -0.39 is 17.0 Å². The summed E-state index contributed by atoms with van der Waals surface area (Å²) in [6.07, 6.45) is 1.10. The van der Waals surface area contributed by atoms with Crippen LogP contribution >= 0.6 is 46.1 Å². The summed E-state index contributed by atoms with van der Waals surface area (Å²) in [5.41, 5.74) is -1.20. The van der Waals surface area contributed by atoms with Gasteiger partial charge in [-0.05, 0) is 6.07 Å². The molecule has 9 heteroatoms. The molecule has 0 bridgehead atoms. The molecule has 0 aliphatic carbocycles. The van der Waals surface area contributed by atoms with E-state index in [-0.39, 0.29) is 21.5 Å². The van der Waals surface area contributed by atoms with Crippen molar-refractivity contribution in [3.8, 4) is 0 Å². The van der Waals surface area contributed by atoms with Gasteiger partial charge in [0.1, 0.15) is 9.36 Å². The second-order valence-corrected chi connectivity index (χ2v) is 6.22. The predicted octanol–water partition coefficient (Wildman–Crippen LogP) is 2.44. The summed E-state index contributed by atoms with van der Waals surface area (Å²) in [5, 5.41) is -0.179. The van der Waals surface area contributed by atoms with Gasteiger partial charge in [0.05, 0.1) is 16.4 Å². The number of aromatic amines is 1. The van der Waals surface area contributed by atoms with E-state index in [0.29, 0.717) is 4.34 Å². The third-order valence-corrected chi connectivity index (χ3v) is 4.00. The Labute approximate surface area is 125 Å². The summed E-state index contributed by atoms with van der Waals surface area (Å²) in [6, 6.07) is 1.43. The standard InChI is InChI=1S/C10H5Cl3N2O3S/c11-5-2-15(10(18)14-9(5)17)3-6(16)4-1-7(12)19-8(4)13/h1-2H,3H2,(H,14,17,18). The molecule has 0 saturated heterocycles. The van der Waals surface area contributed by atoms with Crippen LogP contribution in [0.3, 0.4) is 0 Å². The van der Waals surface area contributed by atoms with Gasteiger partial charge in [-0.1, -0.05) is 34.8 Å². The Balaban J connectivity index is 2.34. The zero-order valence-corrected chi connectivity index (χ0v) is 12.2. The van der Waals surface area contributed by atoms with Crippen LogP contribution in [-0.4, -0.2) is 15.3 Å². The van der Waals surface area contributed by atoms with Crippen molar-refractivity contribution in [3.05, 3.63) is 52.4 Å². The van der Waals surface area contributed by atoms with Crippen LogP contribution in [-0.2, 0) is 6.54 Å². The highest BCUT2D eigenvalue weighted by atomic mass is 35.5. The number of hydrogen-bond donors (Lipinski definition) is 1. The minimum Gasteiger partial charge on any atom is -0.292 e. The maximum absolute atomic E-state index is 12.0. The molecule has 5 nitrogen and oxygen atoms in total. The van der Waals surface area contributed by atoms with Crippen LogP contribution < -0.4 is 11.2 Å². The smallest absolute Gasteiger partial charge is 0.292 e. The lowest BCUT2D eigenvalue weighted by atomic mass is 10.2. The SMILES string of the molecule is O=C(Cn1cc(Cl)c(=O)[nH]c1=O)c1cc(Cl)sc1Cl. The molecular weight excluding hydrogens is 335 g/mol. The molecule has 2 heterocycles. The van der Waals surface area contributed by atoms with Crippen LogP contribution in [0.2, 0.25) is 13.7 Å². The fourth-order valence-corrected chi connectivity index (χ4v) is 3.03. The van der Waals surface area contributed by atoms with Crippen molar-refractivity contribution in [2.24, 2.45) is 0 Å².